The van der Waals surface area contributed by atoms with Crippen molar-refractivity contribution in [1.82, 2.24) is 29.8 Å². The number of aromatic nitrogens is 4. The zero-order valence-corrected chi connectivity index (χ0v) is 25.6. The minimum atomic E-state index is -3.89. The zero-order valence-electron chi connectivity index (χ0n) is 24.8. The normalized spacial score (nSPS) is 19.9. The predicted octanol–water partition coefficient (Wildman–Crippen LogP) is 3.39. The highest BCUT2D eigenvalue weighted by Crippen LogP contribution is 2.34. The van der Waals surface area contributed by atoms with E-state index in [4.69, 9.17) is 14.8 Å². The summed E-state index contributed by atoms with van der Waals surface area (Å²) in [6, 6.07) is 6.57. The number of sulfonamides is 1. The van der Waals surface area contributed by atoms with Crippen LogP contribution >= 0.6 is 0 Å². The number of amides is 1. The van der Waals surface area contributed by atoms with Gasteiger partial charge in [-0.3, -0.25) is 4.79 Å². The van der Waals surface area contributed by atoms with E-state index in [-0.39, 0.29) is 29.5 Å². The molecule has 1 saturated heterocycles. The van der Waals surface area contributed by atoms with Crippen molar-refractivity contribution >= 4 is 32.9 Å². The molecule has 2 aromatic heterocycles. The molecule has 12 nitrogen and oxygen atoms in total. The van der Waals surface area contributed by atoms with Gasteiger partial charge in [-0.2, -0.15) is 10.1 Å². The third-order valence-electron chi connectivity index (χ3n) is 8.35. The molecule has 234 valence electrons. The fraction of sp³-hybridized carbons (Fsp3) is 0.600. The highest BCUT2D eigenvalue weighted by molar-refractivity contribution is 7.89. The number of aliphatic hydroxyl groups excluding tert-OH is 1. The summed E-state index contributed by atoms with van der Waals surface area (Å²) >= 11 is 0. The lowest BCUT2D eigenvalue weighted by Gasteiger charge is -2.25. The van der Waals surface area contributed by atoms with Crippen molar-refractivity contribution in [3.8, 4) is 11.3 Å². The highest BCUT2D eigenvalue weighted by Gasteiger charge is 2.26. The van der Waals surface area contributed by atoms with Gasteiger partial charge in [-0.15, -0.1) is 0 Å². The quantitative estimate of drug-likeness (QED) is 0.212. The highest BCUT2D eigenvalue weighted by atomic mass is 32.2. The lowest BCUT2D eigenvalue weighted by Crippen LogP contribution is -2.37. The SMILES string of the molecule is CCCCNc1ncc2c(-c3ccc(S(=O)(=O)NCC(=O)NCCC4CCOCC4)cc3)nn([C@H]3CC[C@H](O)CC3)c2n1. The molecule has 0 unspecified atom stereocenters. The molecule has 2 fully saturated rings. The largest absolute Gasteiger partial charge is 0.393 e. The number of ether oxygens (including phenoxy) is 1. The molecule has 1 aliphatic heterocycles. The molecular weight excluding hydrogens is 570 g/mol. The number of nitrogens with zero attached hydrogens (tertiary/aromatic N) is 4. The summed E-state index contributed by atoms with van der Waals surface area (Å²) < 4.78 is 35.6. The van der Waals surface area contributed by atoms with Crippen LogP contribution in [0.5, 0.6) is 0 Å². The molecule has 3 heterocycles. The second kappa shape index (κ2) is 14.6. The fourth-order valence-corrected chi connectivity index (χ4v) is 6.69. The summed E-state index contributed by atoms with van der Waals surface area (Å²) in [6.45, 7) is 4.61. The number of anilines is 1. The lowest BCUT2D eigenvalue weighted by atomic mass is 9.93. The van der Waals surface area contributed by atoms with E-state index < -0.39 is 10.0 Å². The summed E-state index contributed by atoms with van der Waals surface area (Å²) in [5.74, 6) is 0.715. The molecule has 4 N–H and O–H groups in total. The van der Waals surface area contributed by atoms with Crippen LogP contribution in [-0.4, -0.2) is 78.1 Å². The zero-order chi connectivity index (χ0) is 30.2. The van der Waals surface area contributed by atoms with Crippen molar-refractivity contribution in [2.24, 2.45) is 5.92 Å². The van der Waals surface area contributed by atoms with Gasteiger partial charge in [0, 0.05) is 38.1 Å². The molecule has 3 aromatic rings. The number of fused-ring (bicyclic) bond motifs is 1. The second-order valence-corrected chi connectivity index (χ2v) is 13.3. The Labute approximate surface area is 253 Å². The number of unbranched alkanes of at least 4 members (excludes halogenated alkanes) is 1. The number of nitrogens with one attached hydrogen (secondary N) is 3. The first-order valence-corrected chi connectivity index (χ1v) is 16.9. The molecule has 0 spiro atoms. The molecule has 43 heavy (non-hydrogen) atoms. The Kier molecular flexibility index (Phi) is 10.6. The number of carbonyl (C=O) groups is 1. The Morgan fingerprint density at radius 2 is 1.81 bits per heavy atom. The van der Waals surface area contributed by atoms with Crippen LogP contribution in [0.3, 0.4) is 0 Å². The van der Waals surface area contributed by atoms with E-state index >= 15 is 0 Å². The molecule has 0 radical (unpaired) electrons. The van der Waals surface area contributed by atoms with Crippen LogP contribution in [-0.2, 0) is 19.6 Å². The summed E-state index contributed by atoms with van der Waals surface area (Å²) in [5.41, 5.74) is 2.12. The van der Waals surface area contributed by atoms with Gasteiger partial charge in [0.05, 0.1) is 29.0 Å². The summed E-state index contributed by atoms with van der Waals surface area (Å²) in [6.07, 6.45) is 9.40. The van der Waals surface area contributed by atoms with E-state index in [2.05, 4.69) is 27.3 Å². The van der Waals surface area contributed by atoms with Crippen LogP contribution in [0.2, 0.25) is 0 Å². The maximum absolute atomic E-state index is 12.9. The minimum Gasteiger partial charge on any atom is -0.393 e. The van der Waals surface area contributed by atoms with Gasteiger partial charge in [0.2, 0.25) is 21.9 Å². The van der Waals surface area contributed by atoms with Crippen molar-refractivity contribution in [2.45, 2.75) is 81.8 Å². The van der Waals surface area contributed by atoms with Gasteiger partial charge in [0.15, 0.2) is 5.65 Å². The van der Waals surface area contributed by atoms with E-state index in [1.54, 1.807) is 18.3 Å². The molecule has 5 rings (SSSR count). The molecule has 2 aliphatic rings. The number of hydrogen-bond acceptors (Lipinski definition) is 9. The van der Waals surface area contributed by atoms with Gasteiger partial charge in [0.1, 0.15) is 5.69 Å². The van der Waals surface area contributed by atoms with Gasteiger partial charge in [-0.25, -0.2) is 22.8 Å². The molecule has 1 saturated carbocycles. The minimum absolute atomic E-state index is 0.0647. The monoisotopic (exact) mass is 613 g/mol. The molecule has 0 atom stereocenters. The lowest BCUT2D eigenvalue weighted by molar-refractivity contribution is -0.120. The summed E-state index contributed by atoms with van der Waals surface area (Å²) in [7, 11) is -3.89. The van der Waals surface area contributed by atoms with E-state index in [0.717, 1.165) is 75.7 Å². The summed E-state index contributed by atoms with van der Waals surface area (Å²) in [4.78, 5) is 21.7. The average Bonchev–Trinajstić information content (AvgIpc) is 3.40. The van der Waals surface area contributed by atoms with Crippen LogP contribution in [0.1, 0.15) is 70.8 Å². The average molecular weight is 614 g/mol. The van der Waals surface area contributed by atoms with Crippen LogP contribution in [0, 0.1) is 5.92 Å². The number of benzene rings is 1. The topological polar surface area (TPSA) is 160 Å². The number of aliphatic hydroxyl groups is 1. The Bertz CT molecular complexity index is 1460. The van der Waals surface area contributed by atoms with Crippen LogP contribution in [0.4, 0.5) is 5.95 Å². The Morgan fingerprint density at radius 1 is 1.07 bits per heavy atom. The van der Waals surface area contributed by atoms with Crippen LogP contribution in [0.15, 0.2) is 35.4 Å². The second-order valence-electron chi connectivity index (χ2n) is 11.5. The first kappa shape index (κ1) is 31.3. The van der Waals surface area contributed by atoms with Crippen molar-refractivity contribution < 1.29 is 23.1 Å². The van der Waals surface area contributed by atoms with Gasteiger partial charge in [-0.05, 0) is 69.4 Å². The molecule has 13 heteroatoms. The molecular formula is C30H43N7O5S. The van der Waals surface area contributed by atoms with Crippen LogP contribution < -0.4 is 15.4 Å². The van der Waals surface area contributed by atoms with Gasteiger partial charge >= 0.3 is 0 Å². The third-order valence-corrected chi connectivity index (χ3v) is 9.77. The summed E-state index contributed by atoms with van der Waals surface area (Å²) in [5, 5.41) is 21.8. The van der Waals surface area contributed by atoms with Crippen molar-refractivity contribution in [1.29, 1.82) is 0 Å². The predicted molar refractivity (Wildman–Crippen MR) is 164 cm³/mol. The van der Waals surface area contributed by atoms with Gasteiger partial charge in [0.25, 0.3) is 0 Å². The van der Waals surface area contributed by atoms with E-state index in [1.165, 1.54) is 12.1 Å². The smallest absolute Gasteiger partial charge is 0.241 e. The maximum atomic E-state index is 12.9. The molecule has 1 aliphatic carbocycles. The Morgan fingerprint density at radius 3 is 2.53 bits per heavy atom. The van der Waals surface area contributed by atoms with Gasteiger partial charge in [-0.1, -0.05) is 25.5 Å². The first-order valence-electron chi connectivity index (χ1n) is 15.5. The Hall–Kier alpha value is -3.13. The first-order chi connectivity index (χ1) is 20.8. The number of rotatable bonds is 13. The van der Waals surface area contributed by atoms with Crippen molar-refractivity contribution in [3.05, 3.63) is 30.5 Å². The van der Waals surface area contributed by atoms with E-state index in [0.29, 0.717) is 42.6 Å². The molecule has 0 bridgehead atoms. The standard InChI is InChI=1S/C30H43N7O5S/c1-2-3-15-32-30-33-19-26-28(36-37(29(26)35-30)23-6-8-24(38)9-7-23)22-4-10-25(11-5-22)43(40,41)34-20-27(39)31-16-12-21-13-17-42-18-14-21/h4-5,10-11,19,21,23-24,34,38H,2-3,6-9,12-18,20H2,1H3,(H,31,39)(H,32,33,35)/t23-,24-. The molecule has 1 amide bonds. The van der Waals surface area contributed by atoms with E-state index in [9.17, 15) is 18.3 Å². The number of hydrogen-bond donors (Lipinski definition) is 4. The number of carbonyl (C=O) groups excluding carboxylic acids is 1. The molecule has 1 aromatic carbocycles. The van der Waals surface area contributed by atoms with E-state index in [1.807, 2.05) is 4.68 Å². The maximum Gasteiger partial charge on any atom is 0.241 e. The Balaban J connectivity index is 1.27. The van der Waals surface area contributed by atoms with Gasteiger partial charge < -0.3 is 20.5 Å². The fourth-order valence-electron chi connectivity index (χ4n) is 5.71. The van der Waals surface area contributed by atoms with Crippen LogP contribution in [0.25, 0.3) is 22.3 Å². The third kappa shape index (κ3) is 8.08. The van der Waals surface area contributed by atoms with Crippen molar-refractivity contribution in [3.63, 3.8) is 0 Å². The van der Waals surface area contributed by atoms with Crippen molar-refractivity contribution in [2.75, 3.05) is 38.2 Å².